The molecule has 0 aliphatic carbocycles. The SMILES string of the molecule is CC(C)Cc1cccc2cc([C@H](N3CC(C)(C)C(=O)N3)C(F)(F)F)ccc12. The van der Waals surface area contributed by atoms with Crippen LogP contribution in [0.4, 0.5) is 13.2 Å². The Labute approximate surface area is 157 Å². The van der Waals surface area contributed by atoms with Gasteiger partial charge in [-0.3, -0.25) is 10.2 Å². The Balaban J connectivity index is 2.03. The first-order valence-corrected chi connectivity index (χ1v) is 9.15. The fourth-order valence-electron chi connectivity index (χ4n) is 3.68. The largest absolute Gasteiger partial charge is 0.409 e. The molecule has 3 nitrogen and oxygen atoms in total. The predicted octanol–water partition coefficient (Wildman–Crippen LogP) is 5.01. The van der Waals surface area contributed by atoms with Crippen LogP contribution in [-0.2, 0) is 11.2 Å². The predicted molar refractivity (Wildman–Crippen MR) is 99.9 cm³/mol. The van der Waals surface area contributed by atoms with E-state index in [1.807, 2.05) is 18.2 Å². The van der Waals surface area contributed by atoms with Crippen LogP contribution in [0.1, 0.15) is 44.9 Å². The molecular weight excluding hydrogens is 353 g/mol. The van der Waals surface area contributed by atoms with Gasteiger partial charge in [0.1, 0.15) is 6.04 Å². The molecule has 6 heteroatoms. The van der Waals surface area contributed by atoms with Crippen molar-refractivity contribution in [3.05, 3.63) is 47.5 Å². The molecule has 1 aliphatic rings. The van der Waals surface area contributed by atoms with Gasteiger partial charge in [-0.2, -0.15) is 13.2 Å². The van der Waals surface area contributed by atoms with Gasteiger partial charge in [0.25, 0.3) is 0 Å². The smallest absolute Gasteiger partial charge is 0.287 e. The van der Waals surface area contributed by atoms with Gasteiger partial charge in [-0.1, -0.05) is 44.2 Å². The Kier molecular flexibility index (Phi) is 4.97. The number of amides is 1. The molecular formula is C21H25F3N2O. The number of halogens is 3. The number of nitrogens with zero attached hydrogens (tertiary/aromatic N) is 1. The molecule has 1 heterocycles. The summed E-state index contributed by atoms with van der Waals surface area (Å²) in [5.74, 6) is 0.0667. The van der Waals surface area contributed by atoms with Crippen molar-refractivity contribution in [2.75, 3.05) is 6.54 Å². The maximum atomic E-state index is 13.9. The van der Waals surface area contributed by atoms with Gasteiger partial charge in [-0.05, 0) is 54.2 Å². The molecule has 2 aromatic carbocycles. The summed E-state index contributed by atoms with van der Waals surface area (Å²) < 4.78 is 41.7. The maximum Gasteiger partial charge on any atom is 0.409 e. The molecule has 0 spiro atoms. The second-order valence-corrected chi connectivity index (χ2v) is 8.39. The van der Waals surface area contributed by atoms with Gasteiger partial charge in [0.2, 0.25) is 5.91 Å². The summed E-state index contributed by atoms with van der Waals surface area (Å²) >= 11 is 0. The van der Waals surface area contributed by atoms with Crippen LogP contribution in [0, 0.1) is 11.3 Å². The highest BCUT2D eigenvalue weighted by molar-refractivity contribution is 5.87. The lowest BCUT2D eigenvalue weighted by molar-refractivity contribution is -0.191. The summed E-state index contributed by atoms with van der Waals surface area (Å²) in [6, 6.07) is 8.75. The van der Waals surface area contributed by atoms with Gasteiger partial charge in [-0.15, -0.1) is 0 Å². The normalized spacial score (nSPS) is 18.9. The Morgan fingerprint density at radius 2 is 1.89 bits per heavy atom. The summed E-state index contributed by atoms with van der Waals surface area (Å²) in [7, 11) is 0. The second kappa shape index (κ2) is 6.82. The van der Waals surface area contributed by atoms with Crippen LogP contribution in [0.15, 0.2) is 36.4 Å². The Hall–Kier alpha value is -2.08. The molecule has 1 atom stereocenters. The highest BCUT2D eigenvalue weighted by atomic mass is 19.4. The fourth-order valence-corrected chi connectivity index (χ4v) is 3.68. The number of hydrogen-bond acceptors (Lipinski definition) is 2. The van der Waals surface area contributed by atoms with E-state index in [1.54, 1.807) is 26.0 Å². The van der Waals surface area contributed by atoms with E-state index in [-0.39, 0.29) is 12.1 Å². The summed E-state index contributed by atoms with van der Waals surface area (Å²) in [6.07, 6.45) is -3.63. The monoisotopic (exact) mass is 378 g/mol. The quantitative estimate of drug-likeness (QED) is 0.811. The average molecular weight is 378 g/mol. The van der Waals surface area contributed by atoms with Crippen LogP contribution in [0.3, 0.4) is 0 Å². The molecule has 27 heavy (non-hydrogen) atoms. The number of benzene rings is 2. The summed E-state index contributed by atoms with van der Waals surface area (Å²) in [4.78, 5) is 12.0. The van der Waals surface area contributed by atoms with E-state index in [2.05, 4.69) is 19.3 Å². The number of alkyl halides is 3. The lowest BCUT2D eigenvalue weighted by Crippen LogP contribution is -2.43. The summed E-state index contributed by atoms with van der Waals surface area (Å²) in [6.45, 7) is 7.53. The van der Waals surface area contributed by atoms with Crippen molar-refractivity contribution in [3.8, 4) is 0 Å². The van der Waals surface area contributed by atoms with Crippen molar-refractivity contribution in [1.82, 2.24) is 10.4 Å². The number of rotatable bonds is 4. The molecule has 0 unspecified atom stereocenters. The molecule has 146 valence electrons. The van der Waals surface area contributed by atoms with E-state index in [0.29, 0.717) is 5.92 Å². The standard InChI is InChI=1S/C21H25F3N2O/c1-13(2)10-14-6-5-7-15-11-16(8-9-17(14)15)18(21(22,23)24)26-12-20(3,4)19(27)25-26/h5-9,11,13,18H,10,12H2,1-4H3,(H,25,27)/t18-/m0/s1. The van der Waals surface area contributed by atoms with E-state index >= 15 is 0 Å². The Morgan fingerprint density at radius 3 is 2.44 bits per heavy atom. The summed E-state index contributed by atoms with van der Waals surface area (Å²) in [5, 5.41) is 2.77. The van der Waals surface area contributed by atoms with Gasteiger partial charge in [0, 0.05) is 6.54 Å². The molecule has 0 bridgehead atoms. The fraction of sp³-hybridized carbons (Fsp3) is 0.476. The molecule has 0 aromatic heterocycles. The highest BCUT2D eigenvalue weighted by Gasteiger charge is 2.51. The minimum atomic E-state index is -4.50. The minimum absolute atomic E-state index is 0.00142. The van der Waals surface area contributed by atoms with Crippen molar-refractivity contribution in [2.24, 2.45) is 11.3 Å². The number of carbonyl (C=O) groups excluding carboxylic acids is 1. The van der Waals surface area contributed by atoms with Crippen molar-refractivity contribution >= 4 is 16.7 Å². The molecule has 1 N–H and O–H groups in total. The minimum Gasteiger partial charge on any atom is -0.287 e. The topological polar surface area (TPSA) is 32.3 Å². The lowest BCUT2D eigenvalue weighted by Gasteiger charge is -2.30. The van der Waals surface area contributed by atoms with Crippen LogP contribution in [0.25, 0.3) is 10.8 Å². The first-order valence-electron chi connectivity index (χ1n) is 9.15. The number of carbonyl (C=O) groups is 1. The highest BCUT2D eigenvalue weighted by Crippen LogP contribution is 2.41. The van der Waals surface area contributed by atoms with E-state index in [0.717, 1.165) is 27.8 Å². The van der Waals surface area contributed by atoms with E-state index in [1.165, 1.54) is 6.07 Å². The summed E-state index contributed by atoms with van der Waals surface area (Å²) in [5.41, 5.74) is 2.82. The zero-order valence-corrected chi connectivity index (χ0v) is 16.0. The van der Waals surface area contributed by atoms with Gasteiger partial charge in [0.15, 0.2) is 0 Å². The second-order valence-electron chi connectivity index (χ2n) is 8.39. The van der Waals surface area contributed by atoms with Gasteiger partial charge >= 0.3 is 6.18 Å². The molecule has 2 aromatic rings. The molecule has 1 aliphatic heterocycles. The molecule has 0 saturated carbocycles. The van der Waals surface area contributed by atoms with Gasteiger partial charge in [0.05, 0.1) is 5.41 Å². The van der Waals surface area contributed by atoms with E-state index < -0.39 is 23.5 Å². The van der Waals surface area contributed by atoms with Crippen LogP contribution < -0.4 is 5.43 Å². The van der Waals surface area contributed by atoms with E-state index in [4.69, 9.17) is 0 Å². The zero-order chi connectivity index (χ0) is 20.0. The first-order chi connectivity index (χ1) is 12.5. The molecule has 1 fully saturated rings. The van der Waals surface area contributed by atoms with Crippen molar-refractivity contribution in [1.29, 1.82) is 0 Å². The molecule has 3 rings (SSSR count). The van der Waals surface area contributed by atoms with Crippen LogP contribution in [0.5, 0.6) is 0 Å². The maximum absolute atomic E-state index is 13.9. The van der Waals surface area contributed by atoms with Crippen LogP contribution in [0.2, 0.25) is 0 Å². The third-order valence-electron chi connectivity index (χ3n) is 4.99. The van der Waals surface area contributed by atoms with Crippen molar-refractivity contribution in [2.45, 2.75) is 46.3 Å². The van der Waals surface area contributed by atoms with Gasteiger partial charge < -0.3 is 0 Å². The molecule has 1 amide bonds. The average Bonchev–Trinajstić information content (AvgIpc) is 2.78. The Morgan fingerprint density at radius 1 is 1.19 bits per heavy atom. The Bertz CT molecular complexity index is 858. The molecule has 1 saturated heterocycles. The van der Waals surface area contributed by atoms with Gasteiger partial charge in [-0.25, -0.2) is 5.01 Å². The van der Waals surface area contributed by atoms with Crippen LogP contribution in [-0.4, -0.2) is 23.6 Å². The lowest BCUT2D eigenvalue weighted by atomic mass is 9.92. The third-order valence-corrected chi connectivity index (χ3v) is 4.99. The number of fused-ring (bicyclic) bond motifs is 1. The number of hydrogen-bond donors (Lipinski definition) is 1. The number of nitrogens with one attached hydrogen (secondary N) is 1. The van der Waals surface area contributed by atoms with E-state index in [9.17, 15) is 18.0 Å². The van der Waals surface area contributed by atoms with Crippen molar-refractivity contribution in [3.63, 3.8) is 0 Å². The third kappa shape index (κ3) is 3.95. The van der Waals surface area contributed by atoms with Crippen molar-refractivity contribution < 1.29 is 18.0 Å². The van der Waals surface area contributed by atoms with Crippen LogP contribution >= 0.6 is 0 Å². The molecule has 0 radical (unpaired) electrons. The zero-order valence-electron chi connectivity index (χ0n) is 16.0. The number of hydrazine groups is 1. The first kappa shape index (κ1) is 19.7.